The van der Waals surface area contributed by atoms with Gasteiger partial charge in [-0.1, -0.05) is 13.0 Å². The van der Waals surface area contributed by atoms with Crippen molar-refractivity contribution in [3.63, 3.8) is 0 Å². The van der Waals surface area contributed by atoms with Crippen molar-refractivity contribution in [1.82, 2.24) is 14.9 Å². The van der Waals surface area contributed by atoms with Gasteiger partial charge in [0.05, 0.1) is 0 Å². The lowest BCUT2D eigenvalue weighted by molar-refractivity contribution is 0.450. The molecule has 0 saturated carbocycles. The lowest BCUT2D eigenvalue weighted by Crippen LogP contribution is -2.32. The number of aryl methyl sites for hydroxylation is 2. The first-order chi connectivity index (χ1) is 10.3. The lowest BCUT2D eigenvalue weighted by Gasteiger charge is -2.18. The van der Waals surface area contributed by atoms with Gasteiger partial charge < -0.3 is 9.88 Å². The fourth-order valence-corrected chi connectivity index (χ4v) is 3.39. The van der Waals surface area contributed by atoms with Crippen LogP contribution in [0.15, 0.2) is 29.9 Å². The van der Waals surface area contributed by atoms with Crippen LogP contribution < -0.4 is 5.32 Å². The van der Waals surface area contributed by atoms with Crippen LogP contribution in [0.4, 0.5) is 0 Å². The highest BCUT2D eigenvalue weighted by atomic mass is 32.1. The molecular formula is C17H27N3S. The zero-order valence-electron chi connectivity index (χ0n) is 13.2. The quantitative estimate of drug-likeness (QED) is 0.721. The van der Waals surface area contributed by atoms with Crippen LogP contribution in [0.25, 0.3) is 0 Å². The van der Waals surface area contributed by atoms with Crippen molar-refractivity contribution in [2.24, 2.45) is 0 Å². The first-order valence-corrected chi connectivity index (χ1v) is 8.97. The summed E-state index contributed by atoms with van der Waals surface area (Å²) in [5, 5.41) is 5.86. The van der Waals surface area contributed by atoms with Crippen LogP contribution in [0, 0.1) is 0 Å². The maximum atomic E-state index is 4.52. The molecule has 0 amide bonds. The Hall–Kier alpha value is -1.13. The number of rotatable bonds is 10. The summed E-state index contributed by atoms with van der Waals surface area (Å²) in [7, 11) is 0. The van der Waals surface area contributed by atoms with Crippen LogP contribution in [-0.2, 0) is 19.4 Å². The number of nitrogens with one attached hydrogen (secondary N) is 1. The van der Waals surface area contributed by atoms with Crippen molar-refractivity contribution in [1.29, 1.82) is 0 Å². The fraction of sp³-hybridized carbons (Fsp3) is 0.588. The predicted octanol–water partition coefficient (Wildman–Crippen LogP) is 3.90. The Bertz CT molecular complexity index is 490. The van der Waals surface area contributed by atoms with E-state index in [0.29, 0.717) is 6.04 Å². The van der Waals surface area contributed by atoms with E-state index in [0.717, 1.165) is 19.5 Å². The Morgan fingerprint density at radius 1 is 1.38 bits per heavy atom. The lowest BCUT2D eigenvalue weighted by atomic mass is 10.1. The zero-order chi connectivity index (χ0) is 14.9. The number of aromatic nitrogens is 2. The third kappa shape index (κ3) is 5.29. The Balaban J connectivity index is 1.84. The minimum Gasteiger partial charge on any atom is -0.335 e. The summed E-state index contributed by atoms with van der Waals surface area (Å²) in [5.41, 5.74) is 0. The Labute approximate surface area is 132 Å². The van der Waals surface area contributed by atoms with Gasteiger partial charge in [-0.3, -0.25) is 0 Å². The summed E-state index contributed by atoms with van der Waals surface area (Å²) in [6.07, 6.45) is 9.88. The normalized spacial score (nSPS) is 12.7. The molecule has 2 aromatic heterocycles. The van der Waals surface area contributed by atoms with Crippen LogP contribution in [0.3, 0.4) is 0 Å². The van der Waals surface area contributed by atoms with Gasteiger partial charge in [0.15, 0.2) is 0 Å². The molecule has 2 rings (SSSR count). The van der Waals surface area contributed by atoms with E-state index in [9.17, 15) is 0 Å². The van der Waals surface area contributed by atoms with Gasteiger partial charge in [-0.25, -0.2) is 4.98 Å². The molecule has 4 heteroatoms. The second kappa shape index (κ2) is 9.00. The van der Waals surface area contributed by atoms with Crippen molar-refractivity contribution < 1.29 is 0 Å². The molecule has 2 heterocycles. The van der Waals surface area contributed by atoms with Gasteiger partial charge >= 0.3 is 0 Å². The van der Waals surface area contributed by atoms with Crippen LogP contribution in [0.2, 0.25) is 0 Å². The average Bonchev–Trinajstić information content (AvgIpc) is 3.15. The SMILES string of the molecule is CCCNC(CCCc1cccs1)Cc1nccn1CC. The molecule has 1 atom stereocenters. The molecule has 3 nitrogen and oxygen atoms in total. The number of hydrogen-bond donors (Lipinski definition) is 1. The first-order valence-electron chi connectivity index (χ1n) is 8.09. The predicted molar refractivity (Wildman–Crippen MR) is 90.9 cm³/mol. The fourth-order valence-electron chi connectivity index (χ4n) is 2.64. The molecule has 0 spiro atoms. The molecule has 1 N–H and O–H groups in total. The van der Waals surface area contributed by atoms with Crippen LogP contribution in [-0.4, -0.2) is 22.1 Å². The molecule has 1 unspecified atom stereocenters. The van der Waals surface area contributed by atoms with Crippen molar-refractivity contribution in [3.8, 4) is 0 Å². The average molecular weight is 305 g/mol. The molecule has 0 radical (unpaired) electrons. The maximum absolute atomic E-state index is 4.52. The van der Waals surface area contributed by atoms with Crippen molar-refractivity contribution in [3.05, 3.63) is 40.6 Å². The first kappa shape index (κ1) is 16.2. The Morgan fingerprint density at radius 3 is 3.00 bits per heavy atom. The molecule has 21 heavy (non-hydrogen) atoms. The summed E-state index contributed by atoms with van der Waals surface area (Å²) in [4.78, 5) is 6.02. The van der Waals surface area contributed by atoms with Gasteiger partial charge in [0, 0.05) is 36.3 Å². The van der Waals surface area contributed by atoms with Crippen LogP contribution >= 0.6 is 11.3 Å². The highest BCUT2D eigenvalue weighted by Crippen LogP contribution is 2.14. The van der Waals surface area contributed by atoms with E-state index in [-0.39, 0.29) is 0 Å². The summed E-state index contributed by atoms with van der Waals surface area (Å²) in [6, 6.07) is 4.92. The van der Waals surface area contributed by atoms with Gasteiger partial charge in [-0.15, -0.1) is 11.3 Å². The van der Waals surface area contributed by atoms with E-state index in [1.54, 1.807) is 0 Å². The summed E-state index contributed by atoms with van der Waals surface area (Å²) >= 11 is 1.87. The topological polar surface area (TPSA) is 29.9 Å². The van der Waals surface area contributed by atoms with Crippen molar-refractivity contribution in [2.75, 3.05) is 6.54 Å². The van der Waals surface area contributed by atoms with Crippen LogP contribution in [0.1, 0.15) is 43.8 Å². The third-order valence-electron chi connectivity index (χ3n) is 3.81. The highest BCUT2D eigenvalue weighted by Gasteiger charge is 2.12. The monoisotopic (exact) mass is 305 g/mol. The number of hydrogen-bond acceptors (Lipinski definition) is 3. The molecule has 116 valence electrons. The Morgan fingerprint density at radius 2 is 2.29 bits per heavy atom. The summed E-state index contributed by atoms with van der Waals surface area (Å²) in [6.45, 7) is 6.50. The second-order valence-corrected chi connectivity index (χ2v) is 6.49. The van der Waals surface area contributed by atoms with Gasteiger partial charge in [0.2, 0.25) is 0 Å². The molecule has 2 aromatic rings. The molecular weight excluding hydrogens is 278 g/mol. The largest absolute Gasteiger partial charge is 0.335 e. The van der Waals surface area contributed by atoms with Gasteiger partial charge in [0.1, 0.15) is 5.82 Å². The van der Waals surface area contributed by atoms with Crippen molar-refractivity contribution >= 4 is 11.3 Å². The molecule has 0 aromatic carbocycles. The van der Waals surface area contributed by atoms with E-state index < -0.39 is 0 Å². The van der Waals surface area contributed by atoms with Gasteiger partial charge in [-0.05, 0) is 50.6 Å². The maximum Gasteiger partial charge on any atom is 0.110 e. The van der Waals surface area contributed by atoms with E-state index >= 15 is 0 Å². The van der Waals surface area contributed by atoms with Crippen molar-refractivity contribution in [2.45, 2.75) is 58.5 Å². The van der Waals surface area contributed by atoms with E-state index in [1.165, 1.54) is 36.4 Å². The third-order valence-corrected chi connectivity index (χ3v) is 4.75. The molecule has 0 fully saturated rings. The number of nitrogens with zero attached hydrogens (tertiary/aromatic N) is 2. The minimum absolute atomic E-state index is 0.539. The van der Waals surface area contributed by atoms with Crippen LogP contribution in [0.5, 0.6) is 0 Å². The molecule has 0 saturated heterocycles. The zero-order valence-corrected chi connectivity index (χ0v) is 14.0. The Kier molecular flexibility index (Phi) is 6.96. The molecule has 0 aliphatic heterocycles. The highest BCUT2D eigenvalue weighted by molar-refractivity contribution is 7.09. The summed E-state index contributed by atoms with van der Waals surface area (Å²) in [5.74, 6) is 1.21. The number of thiophene rings is 1. The molecule has 0 bridgehead atoms. The molecule has 0 aliphatic rings. The van der Waals surface area contributed by atoms with E-state index in [4.69, 9.17) is 0 Å². The standard InChI is InChI=1S/C17H27N3S/c1-3-10-18-15(7-5-8-16-9-6-13-21-16)14-17-19-11-12-20(17)4-2/h6,9,11-13,15,18H,3-5,7-8,10,14H2,1-2H3. The number of imidazole rings is 1. The second-order valence-electron chi connectivity index (χ2n) is 5.46. The van der Waals surface area contributed by atoms with Gasteiger partial charge in [0.25, 0.3) is 0 Å². The summed E-state index contributed by atoms with van der Waals surface area (Å²) < 4.78 is 2.25. The van der Waals surface area contributed by atoms with E-state index in [1.807, 2.05) is 17.5 Å². The minimum atomic E-state index is 0.539. The molecule has 0 aliphatic carbocycles. The smallest absolute Gasteiger partial charge is 0.110 e. The van der Waals surface area contributed by atoms with E-state index in [2.05, 4.69) is 52.4 Å². The van der Waals surface area contributed by atoms with Gasteiger partial charge in [-0.2, -0.15) is 0 Å².